The molecule has 110 valence electrons. The van der Waals surface area contributed by atoms with Crippen molar-refractivity contribution in [1.29, 1.82) is 0 Å². The Kier molecular flexibility index (Phi) is 3.64. The second kappa shape index (κ2) is 5.45. The van der Waals surface area contributed by atoms with Gasteiger partial charge in [0, 0.05) is 11.6 Å². The van der Waals surface area contributed by atoms with Crippen molar-refractivity contribution < 1.29 is 14.3 Å². The van der Waals surface area contributed by atoms with E-state index >= 15 is 0 Å². The van der Waals surface area contributed by atoms with Crippen LogP contribution in [-0.4, -0.2) is 42.4 Å². The Labute approximate surface area is 124 Å². The maximum atomic E-state index is 12.8. The van der Waals surface area contributed by atoms with Crippen molar-refractivity contribution in [2.24, 2.45) is 5.92 Å². The maximum Gasteiger partial charge on any atom is 0.311 e. The highest BCUT2D eigenvalue weighted by Gasteiger charge is 2.50. The first-order valence-corrected chi connectivity index (χ1v) is 7.33. The van der Waals surface area contributed by atoms with Gasteiger partial charge >= 0.3 is 5.97 Å². The molecule has 0 saturated carbocycles. The van der Waals surface area contributed by atoms with Gasteiger partial charge in [-0.25, -0.2) is 0 Å². The zero-order valence-electron chi connectivity index (χ0n) is 12.3. The maximum absolute atomic E-state index is 12.8. The van der Waals surface area contributed by atoms with E-state index < -0.39 is 6.04 Å². The minimum absolute atomic E-state index is 0.0236. The molecule has 21 heavy (non-hydrogen) atoms. The topological polar surface area (TPSA) is 46.6 Å². The number of benzene rings is 1. The molecule has 0 N–H and O–H groups in total. The van der Waals surface area contributed by atoms with Crippen LogP contribution in [0.2, 0.25) is 0 Å². The van der Waals surface area contributed by atoms with E-state index in [4.69, 9.17) is 4.74 Å². The second-order valence-electron chi connectivity index (χ2n) is 5.58. The molecule has 2 bridgehead atoms. The number of rotatable bonds is 3. The Hall–Kier alpha value is -1.94. The van der Waals surface area contributed by atoms with Gasteiger partial charge in [-0.1, -0.05) is 36.4 Å². The molecule has 1 fully saturated rings. The number of likely N-dealkylation sites (N-methyl/N-ethyl adjacent to an activating group) is 1. The number of nitrogens with zero attached hydrogens (tertiary/aromatic N) is 1. The van der Waals surface area contributed by atoms with E-state index in [9.17, 15) is 9.59 Å². The Morgan fingerprint density at radius 2 is 2.05 bits per heavy atom. The first-order chi connectivity index (χ1) is 10.1. The molecule has 4 nitrogen and oxygen atoms in total. The van der Waals surface area contributed by atoms with Crippen LogP contribution in [0.4, 0.5) is 0 Å². The molecule has 2 heterocycles. The standard InChI is InChI=1S/C17H19NO3/c1-3-21-17(20)14-10-12-9-13(11-7-5-4-6-8-11)16(19)15(14)18(12)2/h4-9,12,14-15H,3,10H2,1-2H3/t12-,14-,15-/m1/s1. The van der Waals surface area contributed by atoms with Gasteiger partial charge < -0.3 is 4.74 Å². The average molecular weight is 285 g/mol. The zero-order valence-corrected chi connectivity index (χ0v) is 12.3. The van der Waals surface area contributed by atoms with Gasteiger partial charge in [-0.2, -0.15) is 0 Å². The Balaban J connectivity index is 1.93. The van der Waals surface area contributed by atoms with Crippen molar-refractivity contribution in [3.63, 3.8) is 0 Å². The van der Waals surface area contributed by atoms with Crippen LogP contribution in [0, 0.1) is 5.92 Å². The summed E-state index contributed by atoms with van der Waals surface area (Å²) >= 11 is 0. The van der Waals surface area contributed by atoms with Gasteiger partial charge in [0.2, 0.25) is 0 Å². The molecular formula is C17H19NO3. The molecule has 1 aromatic rings. The van der Waals surface area contributed by atoms with E-state index in [-0.39, 0.29) is 23.7 Å². The molecule has 2 aliphatic heterocycles. The minimum atomic E-state index is -0.394. The fourth-order valence-electron chi connectivity index (χ4n) is 3.36. The Bertz CT molecular complexity index is 593. The largest absolute Gasteiger partial charge is 0.466 e. The summed E-state index contributed by atoms with van der Waals surface area (Å²) in [4.78, 5) is 26.9. The van der Waals surface area contributed by atoms with E-state index in [1.165, 1.54) is 0 Å². The lowest BCUT2D eigenvalue weighted by atomic mass is 9.90. The van der Waals surface area contributed by atoms with Crippen molar-refractivity contribution in [1.82, 2.24) is 4.90 Å². The molecule has 1 aromatic carbocycles. The van der Waals surface area contributed by atoms with Gasteiger partial charge in [0.05, 0.1) is 18.6 Å². The predicted octanol–water partition coefficient (Wildman–Crippen LogP) is 1.90. The van der Waals surface area contributed by atoms with Gasteiger partial charge in [0.25, 0.3) is 0 Å². The van der Waals surface area contributed by atoms with E-state index in [0.717, 1.165) is 11.1 Å². The van der Waals surface area contributed by atoms with Crippen molar-refractivity contribution >= 4 is 17.3 Å². The number of carbonyl (C=O) groups is 2. The summed E-state index contributed by atoms with van der Waals surface area (Å²) in [5, 5.41) is 0. The molecule has 0 unspecified atom stereocenters. The predicted molar refractivity (Wildman–Crippen MR) is 79.5 cm³/mol. The molecule has 1 saturated heterocycles. The highest BCUT2D eigenvalue weighted by Crippen LogP contribution is 2.39. The molecule has 2 aliphatic rings. The molecule has 4 heteroatoms. The smallest absolute Gasteiger partial charge is 0.311 e. The summed E-state index contributed by atoms with van der Waals surface area (Å²) in [6, 6.07) is 9.38. The fourth-order valence-corrected chi connectivity index (χ4v) is 3.36. The number of ether oxygens (including phenoxy) is 1. The van der Waals surface area contributed by atoms with Gasteiger partial charge in [-0.15, -0.1) is 0 Å². The normalized spacial score (nSPS) is 28.4. The van der Waals surface area contributed by atoms with Crippen LogP contribution in [-0.2, 0) is 14.3 Å². The number of Topliss-reactive ketones (excluding diaryl/α,β-unsaturated/α-hetero) is 1. The number of carbonyl (C=O) groups excluding carboxylic acids is 2. The van der Waals surface area contributed by atoms with Crippen LogP contribution in [0.1, 0.15) is 18.9 Å². The summed E-state index contributed by atoms with van der Waals surface area (Å²) in [6.07, 6.45) is 2.65. The van der Waals surface area contributed by atoms with E-state index in [1.807, 2.05) is 48.4 Å². The van der Waals surface area contributed by atoms with Gasteiger partial charge in [0.15, 0.2) is 5.78 Å². The molecule has 3 atom stereocenters. The zero-order chi connectivity index (χ0) is 15.0. The molecule has 0 radical (unpaired) electrons. The SMILES string of the molecule is CCOC(=O)[C@@H]1C[C@H]2C=C(c3ccccc3)C(=O)[C@@H]1N2C. The highest BCUT2D eigenvalue weighted by molar-refractivity contribution is 6.25. The second-order valence-corrected chi connectivity index (χ2v) is 5.58. The van der Waals surface area contributed by atoms with E-state index in [2.05, 4.69) is 0 Å². The van der Waals surface area contributed by atoms with E-state index in [0.29, 0.717) is 13.0 Å². The number of fused-ring (bicyclic) bond motifs is 2. The summed E-state index contributed by atoms with van der Waals surface area (Å²) in [5.74, 6) is -0.590. The van der Waals surface area contributed by atoms with Crippen molar-refractivity contribution in [3.8, 4) is 0 Å². The Morgan fingerprint density at radius 3 is 2.71 bits per heavy atom. The number of esters is 1. The third kappa shape index (κ3) is 2.29. The monoisotopic (exact) mass is 285 g/mol. The first kappa shape index (κ1) is 14.0. The molecule has 0 spiro atoms. The van der Waals surface area contributed by atoms with Crippen LogP contribution in [0.3, 0.4) is 0 Å². The minimum Gasteiger partial charge on any atom is -0.466 e. The van der Waals surface area contributed by atoms with Gasteiger partial charge in [-0.3, -0.25) is 14.5 Å². The van der Waals surface area contributed by atoms with Gasteiger partial charge in [-0.05, 0) is 26.0 Å². The number of hydrogen-bond acceptors (Lipinski definition) is 4. The number of ketones is 1. The van der Waals surface area contributed by atoms with Crippen molar-refractivity contribution in [3.05, 3.63) is 42.0 Å². The van der Waals surface area contributed by atoms with Crippen LogP contribution >= 0.6 is 0 Å². The summed E-state index contributed by atoms with van der Waals surface area (Å²) in [7, 11) is 1.91. The van der Waals surface area contributed by atoms with Crippen LogP contribution in [0.25, 0.3) is 5.57 Å². The quantitative estimate of drug-likeness (QED) is 0.796. The van der Waals surface area contributed by atoms with Crippen LogP contribution < -0.4 is 0 Å². The Morgan fingerprint density at radius 1 is 1.33 bits per heavy atom. The number of hydrogen-bond donors (Lipinski definition) is 0. The molecule has 0 amide bonds. The lowest BCUT2D eigenvalue weighted by Crippen LogP contribution is -2.45. The third-order valence-corrected chi connectivity index (χ3v) is 4.41. The third-order valence-electron chi connectivity index (χ3n) is 4.41. The summed E-state index contributed by atoms with van der Waals surface area (Å²) < 4.78 is 5.13. The lowest BCUT2D eigenvalue weighted by molar-refractivity contribution is -0.150. The molecule has 0 aromatic heterocycles. The van der Waals surface area contributed by atoms with Crippen LogP contribution in [0.15, 0.2) is 36.4 Å². The lowest BCUT2D eigenvalue weighted by Gasteiger charge is -2.30. The average Bonchev–Trinajstić information content (AvgIpc) is 2.72. The van der Waals surface area contributed by atoms with Crippen LogP contribution in [0.5, 0.6) is 0 Å². The molecule has 0 aliphatic carbocycles. The molecule has 3 rings (SSSR count). The first-order valence-electron chi connectivity index (χ1n) is 7.33. The highest BCUT2D eigenvalue weighted by atomic mass is 16.5. The van der Waals surface area contributed by atoms with Crippen molar-refractivity contribution in [2.45, 2.75) is 25.4 Å². The molecular weight excluding hydrogens is 266 g/mol. The van der Waals surface area contributed by atoms with Gasteiger partial charge in [0.1, 0.15) is 0 Å². The summed E-state index contributed by atoms with van der Waals surface area (Å²) in [6.45, 7) is 2.14. The fraction of sp³-hybridized carbons (Fsp3) is 0.412. The van der Waals surface area contributed by atoms with E-state index in [1.54, 1.807) is 6.92 Å². The van der Waals surface area contributed by atoms with Crippen molar-refractivity contribution in [2.75, 3.05) is 13.7 Å². The summed E-state index contributed by atoms with van der Waals surface area (Å²) in [5.41, 5.74) is 1.66.